The van der Waals surface area contributed by atoms with Gasteiger partial charge < -0.3 is 0 Å². The highest BCUT2D eigenvalue weighted by Crippen LogP contribution is 2.17. The van der Waals surface area contributed by atoms with Crippen LogP contribution in [0.5, 0.6) is 0 Å². The first kappa shape index (κ1) is 9.17. The molecule has 0 aromatic carbocycles. The van der Waals surface area contributed by atoms with Gasteiger partial charge in [0.15, 0.2) is 0 Å². The Kier molecular flexibility index (Phi) is 3.20. The molecule has 0 saturated heterocycles. The lowest BCUT2D eigenvalue weighted by Crippen LogP contribution is -2.06. The van der Waals surface area contributed by atoms with E-state index in [1.165, 1.54) is 0 Å². The van der Waals surface area contributed by atoms with Gasteiger partial charge in [-0.3, -0.25) is 9.59 Å². The molecule has 0 aromatic rings. The smallest absolute Gasteiger partial charge is 0.146 e. The first-order chi connectivity index (χ1) is 5.72. The fourth-order valence-electron chi connectivity index (χ4n) is 1.53. The second-order valence-electron chi connectivity index (χ2n) is 3.44. The molecule has 66 valence electrons. The molecule has 0 N–H and O–H groups in total. The van der Waals surface area contributed by atoms with E-state index >= 15 is 0 Å². The minimum Gasteiger partial charge on any atom is -0.299 e. The first-order valence-electron chi connectivity index (χ1n) is 4.40. The van der Waals surface area contributed by atoms with E-state index in [1.807, 2.05) is 6.08 Å². The molecular weight excluding hydrogens is 152 g/mol. The number of hydrogen-bond acceptors (Lipinski definition) is 2. The van der Waals surface area contributed by atoms with Crippen LogP contribution in [0, 0.1) is 5.92 Å². The number of hydrogen-bond donors (Lipinski definition) is 0. The largest absolute Gasteiger partial charge is 0.299 e. The number of rotatable bonds is 1. The average Bonchev–Trinajstić information content (AvgIpc) is 2.00. The summed E-state index contributed by atoms with van der Waals surface area (Å²) in [6, 6.07) is 0. The van der Waals surface area contributed by atoms with E-state index in [0.29, 0.717) is 24.3 Å². The fraction of sp³-hybridized carbons (Fsp3) is 0.600. The van der Waals surface area contributed by atoms with Crippen LogP contribution in [-0.4, -0.2) is 12.1 Å². The Bertz CT molecular complexity index is 216. The van der Waals surface area contributed by atoms with Gasteiger partial charge in [0.05, 0.1) is 0 Å². The van der Waals surface area contributed by atoms with Crippen LogP contribution in [-0.2, 0) is 9.59 Å². The van der Waals surface area contributed by atoms with E-state index in [0.717, 1.165) is 19.1 Å². The summed E-state index contributed by atoms with van der Waals surface area (Å²) in [6.07, 6.45) is 5.68. The van der Waals surface area contributed by atoms with E-state index in [4.69, 9.17) is 0 Å². The molecule has 1 unspecified atom stereocenters. The first-order valence-corrected chi connectivity index (χ1v) is 4.40. The van der Waals surface area contributed by atoms with Crippen molar-refractivity contribution in [2.75, 3.05) is 0 Å². The summed E-state index contributed by atoms with van der Waals surface area (Å²) in [4.78, 5) is 21.6. The maximum atomic E-state index is 11.1. The summed E-state index contributed by atoms with van der Waals surface area (Å²) in [5.74, 6) is 0.638. The van der Waals surface area contributed by atoms with Crippen molar-refractivity contribution in [2.45, 2.75) is 32.6 Å². The van der Waals surface area contributed by atoms with Gasteiger partial charge in [0, 0.05) is 12.8 Å². The number of allylic oxidation sites excluding steroid dienone is 2. The highest BCUT2D eigenvalue weighted by atomic mass is 16.1. The Morgan fingerprint density at radius 2 is 2.33 bits per heavy atom. The molecule has 0 heterocycles. The molecule has 12 heavy (non-hydrogen) atoms. The Morgan fingerprint density at radius 1 is 1.58 bits per heavy atom. The Hall–Kier alpha value is -0.920. The van der Waals surface area contributed by atoms with Crippen LogP contribution in [0.2, 0.25) is 0 Å². The summed E-state index contributed by atoms with van der Waals surface area (Å²) < 4.78 is 0. The van der Waals surface area contributed by atoms with Gasteiger partial charge in [0.1, 0.15) is 12.1 Å². The van der Waals surface area contributed by atoms with E-state index < -0.39 is 0 Å². The standard InChI is InChI=1S/C10H14O2/c1-8-3-2-4-10(12)6-9(5-8)7-11/h5,7-8H,2-4,6H2,1H3. The van der Waals surface area contributed by atoms with E-state index in [2.05, 4.69) is 6.92 Å². The predicted octanol–water partition coefficient (Wildman–Crippen LogP) is 1.89. The van der Waals surface area contributed by atoms with Crippen LogP contribution in [0.3, 0.4) is 0 Å². The average molecular weight is 166 g/mol. The minimum absolute atomic E-state index is 0.195. The van der Waals surface area contributed by atoms with Crippen molar-refractivity contribution in [1.82, 2.24) is 0 Å². The third-order valence-corrected chi connectivity index (χ3v) is 2.17. The topological polar surface area (TPSA) is 34.1 Å². The maximum Gasteiger partial charge on any atom is 0.146 e. The van der Waals surface area contributed by atoms with E-state index in [1.54, 1.807) is 0 Å². The Morgan fingerprint density at radius 3 is 3.00 bits per heavy atom. The minimum atomic E-state index is 0.195. The molecule has 1 aliphatic rings. The molecule has 0 spiro atoms. The molecule has 1 aliphatic carbocycles. The summed E-state index contributed by atoms with van der Waals surface area (Å²) in [7, 11) is 0. The number of Topliss-reactive ketones (excluding diaryl/α,β-unsaturated/α-hetero) is 1. The molecular formula is C10H14O2. The van der Waals surface area contributed by atoms with Crippen molar-refractivity contribution in [3.8, 4) is 0 Å². The van der Waals surface area contributed by atoms with Crippen molar-refractivity contribution in [3.63, 3.8) is 0 Å². The Labute approximate surface area is 72.7 Å². The van der Waals surface area contributed by atoms with Crippen LogP contribution in [0.1, 0.15) is 32.6 Å². The third kappa shape index (κ3) is 2.61. The lowest BCUT2D eigenvalue weighted by atomic mass is 9.93. The van der Waals surface area contributed by atoms with Crippen molar-refractivity contribution in [2.24, 2.45) is 5.92 Å². The molecule has 2 nitrogen and oxygen atoms in total. The predicted molar refractivity (Wildman–Crippen MR) is 46.8 cm³/mol. The normalized spacial score (nSPS) is 25.6. The zero-order valence-electron chi connectivity index (χ0n) is 7.38. The van der Waals surface area contributed by atoms with Gasteiger partial charge in [0.25, 0.3) is 0 Å². The molecule has 0 radical (unpaired) electrons. The molecule has 1 atom stereocenters. The van der Waals surface area contributed by atoms with Crippen molar-refractivity contribution < 1.29 is 9.59 Å². The van der Waals surface area contributed by atoms with Gasteiger partial charge in [-0.05, 0) is 24.3 Å². The zero-order chi connectivity index (χ0) is 8.97. The number of carbonyl (C=O) groups excluding carboxylic acids is 2. The van der Waals surface area contributed by atoms with Gasteiger partial charge in [-0.1, -0.05) is 13.0 Å². The SMILES string of the molecule is CC1C=C(C=O)CC(=O)CCC1. The van der Waals surface area contributed by atoms with Gasteiger partial charge in [0.2, 0.25) is 0 Å². The molecule has 0 aromatic heterocycles. The van der Waals surface area contributed by atoms with Crippen LogP contribution in [0.4, 0.5) is 0 Å². The summed E-state index contributed by atoms with van der Waals surface area (Å²) in [5, 5.41) is 0. The summed E-state index contributed by atoms with van der Waals surface area (Å²) in [5.41, 5.74) is 0.659. The molecule has 0 saturated carbocycles. The number of aldehydes is 1. The molecule has 0 bridgehead atoms. The quantitative estimate of drug-likeness (QED) is 0.557. The van der Waals surface area contributed by atoms with Gasteiger partial charge >= 0.3 is 0 Å². The molecule has 0 aliphatic heterocycles. The van der Waals surface area contributed by atoms with E-state index in [-0.39, 0.29) is 5.78 Å². The lowest BCUT2D eigenvalue weighted by molar-refractivity contribution is -0.119. The van der Waals surface area contributed by atoms with Crippen molar-refractivity contribution >= 4 is 12.1 Å². The fourth-order valence-corrected chi connectivity index (χ4v) is 1.53. The monoisotopic (exact) mass is 166 g/mol. The second-order valence-corrected chi connectivity index (χ2v) is 3.44. The second kappa shape index (κ2) is 4.19. The summed E-state index contributed by atoms with van der Waals surface area (Å²) in [6.45, 7) is 2.08. The molecule has 2 heteroatoms. The van der Waals surface area contributed by atoms with Crippen molar-refractivity contribution in [3.05, 3.63) is 11.6 Å². The van der Waals surface area contributed by atoms with Gasteiger partial charge in [-0.15, -0.1) is 0 Å². The third-order valence-electron chi connectivity index (χ3n) is 2.17. The van der Waals surface area contributed by atoms with Crippen molar-refractivity contribution in [1.29, 1.82) is 0 Å². The molecule has 0 amide bonds. The molecule has 0 fully saturated rings. The van der Waals surface area contributed by atoms with Gasteiger partial charge in [-0.25, -0.2) is 0 Å². The van der Waals surface area contributed by atoms with Crippen LogP contribution >= 0.6 is 0 Å². The van der Waals surface area contributed by atoms with E-state index in [9.17, 15) is 9.59 Å². The summed E-state index contributed by atoms with van der Waals surface area (Å²) >= 11 is 0. The highest BCUT2D eigenvalue weighted by molar-refractivity contribution is 5.88. The van der Waals surface area contributed by atoms with Crippen LogP contribution < -0.4 is 0 Å². The number of ketones is 1. The van der Waals surface area contributed by atoms with Crippen LogP contribution in [0.15, 0.2) is 11.6 Å². The molecule has 1 rings (SSSR count). The zero-order valence-corrected chi connectivity index (χ0v) is 7.38. The lowest BCUT2D eigenvalue weighted by Gasteiger charge is -2.11. The highest BCUT2D eigenvalue weighted by Gasteiger charge is 2.11. The van der Waals surface area contributed by atoms with Crippen LogP contribution in [0.25, 0.3) is 0 Å². The maximum absolute atomic E-state index is 11.1. The number of carbonyl (C=O) groups is 2. The van der Waals surface area contributed by atoms with Gasteiger partial charge in [-0.2, -0.15) is 0 Å². The Balaban J connectivity index is 2.71.